The number of hydrogen-bond acceptors (Lipinski definition) is 5. The van der Waals surface area contributed by atoms with Gasteiger partial charge in [-0.2, -0.15) is 0 Å². The van der Waals surface area contributed by atoms with Gasteiger partial charge in [0.05, 0.1) is 4.92 Å². The SMILES string of the molecule is CC1CCCCC1NS(=O)(=O)c1cccc(N)c1[N+](=O)[O-]. The summed E-state index contributed by atoms with van der Waals surface area (Å²) in [6.45, 7) is 1.99. The fourth-order valence-electron chi connectivity index (χ4n) is 2.71. The third-order valence-corrected chi connectivity index (χ3v) is 5.44. The van der Waals surface area contributed by atoms with Crippen molar-refractivity contribution in [1.82, 2.24) is 4.72 Å². The Morgan fingerprint density at radius 1 is 1.33 bits per heavy atom. The zero-order valence-corrected chi connectivity index (χ0v) is 12.6. The minimum atomic E-state index is -3.96. The standard InChI is InChI=1S/C13H19N3O4S/c1-9-5-2-3-7-11(9)15-21(19,20)12-8-4-6-10(14)13(12)16(17)18/h4,6,8-9,11,15H,2-3,5,7,14H2,1H3. The lowest BCUT2D eigenvalue weighted by atomic mass is 9.87. The number of nitro benzene ring substituents is 1. The maximum absolute atomic E-state index is 12.5. The highest BCUT2D eigenvalue weighted by Crippen LogP contribution is 2.31. The van der Waals surface area contributed by atoms with Crippen LogP contribution in [-0.4, -0.2) is 19.4 Å². The summed E-state index contributed by atoms with van der Waals surface area (Å²) in [6.07, 6.45) is 3.73. The average molecular weight is 313 g/mol. The quantitative estimate of drug-likeness (QED) is 0.501. The number of nitrogens with zero attached hydrogens (tertiary/aromatic N) is 1. The van der Waals surface area contributed by atoms with Crippen LogP contribution in [-0.2, 0) is 10.0 Å². The van der Waals surface area contributed by atoms with E-state index in [9.17, 15) is 18.5 Å². The van der Waals surface area contributed by atoms with E-state index in [2.05, 4.69) is 4.72 Å². The highest BCUT2D eigenvalue weighted by molar-refractivity contribution is 7.89. The number of nitrogens with two attached hydrogens (primary N) is 1. The second-order valence-corrected chi connectivity index (χ2v) is 7.12. The van der Waals surface area contributed by atoms with Crippen LogP contribution >= 0.6 is 0 Å². The van der Waals surface area contributed by atoms with E-state index in [0.29, 0.717) is 0 Å². The molecule has 0 amide bonds. The third kappa shape index (κ3) is 3.33. The van der Waals surface area contributed by atoms with Crippen molar-refractivity contribution in [2.45, 2.75) is 43.5 Å². The molecule has 8 heteroatoms. The molecule has 2 rings (SSSR count). The first-order chi connectivity index (χ1) is 9.83. The van der Waals surface area contributed by atoms with Crippen LogP contribution in [0, 0.1) is 16.0 Å². The van der Waals surface area contributed by atoms with E-state index in [1.807, 2.05) is 6.92 Å². The molecule has 2 atom stereocenters. The second-order valence-electron chi connectivity index (χ2n) is 5.44. The predicted molar refractivity (Wildman–Crippen MR) is 79.3 cm³/mol. The highest BCUT2D eigenvalue weighted by atomic mass is 32.2. The Morgan fingerprint density at radius 2 is 2.00 bits per heavy atom. The first kappa shape index (κ1) is 15.7. The van der Waals surface area contributed by atoms with Crippen LogP contribution in [0.4, 0.5) is 11.4 Å². The van der Waals surface area contributed by atoms with Gasteiger partial charge in [0.1, 0.15) is 5.69 Å². The number of sulfonamides is 1. The summed E-state index contributed by atoms with van der Waals surface area (Å²) < 4.78 is 27.5. The number of rotatable bonds is 4. The van der Waals surface area contributed by atoms with Crippen LogP contribution in [0.25, 0.3) is 0 Å². The zero-order chi connectivity index (χ0) is 15.6. The summed E-state index contributed by atoms with van der Waals surface area (Å²) in [6, 6.07) is 3.75. The third-order valence-electron chi connectivity index (χ3n) is 3.92. The van der Waals surface area contributed by atoms with Gasteiger partial charge in [0.2, 0.25) is 10.0 Å². The topological polar surface area (TPSA) is 115 Å². The molecule has 3 N–H and O–H groups in total. The molecule has 7 nitrogen and oxygen atoms in total. The predicted octanol–water partition coefficient (Wildman–Crippen LogP) is 2.03. The Kier molecular flexibility index (Phi) is 4.48. The lowest BCUT2D eigenvalue weighted by Gasteiger charge is -2.29. The van der Waals surface area contributed by atoms with Gasteiger partial charge in [0.15, 0.2) is 4.90 Å². The molecular weight excluding hydrogens is 294 g/mol. The Hall–Kier alpha value is -1.67. The maximum Gasteiger partial charge on any atom is 0.312 e. The van der Waals surface area contributed by atoms with E-state index in [4.69, 9.17) is 5.73 Å². The monoisotopic (exact) mass is 313 g/mol. The molecule has 1 aromatic carbocycles. The van der Waals surface area contributed by atoms with Crippen LogP contribution in [0.15, 0.2) is 23.1 Å². The van der Waals surface area contributed by atoms with Crippen molar-refractivity contribution in [3.8, 4) is 0 Å². The number of hydrogen-bond donors (Lipinski definition) is 2. The van der Waals surface area contributed by atoms with Gasteiger partial charge in [-0.05, 0) is 30.9 Å². The summed E-state index contributed by atoms with van der Waals surface area (Å²) in [4.78, 5) is 9.95. The van der Waals surface area contributed by atoms with E-state index in [1.165, 1.54) is 18.2 Å². The van der Waals surface area contributed by atoms with E-state index in [0.717, 1.165) is 25.7 Å². The second kappa shape index (κ2) is 5.98. The molecule has 0 spiro atoms. The van der Waals surface area contributed by atoms with Gasteiger partial charge in [0.25, 0.3) is 0 Å². The molecule has 1 aromatic rings. The van der Waals surface area contributed by atoms with Crippen molar-refractivity contribution in [2.24, 2.45) is 5.92 Å². The summed E-state index contributed by atoms with van der Waals surface area (Å²) in [5, 5.41) is 11.1. The lowest BCUT2D eigenvalue weighted by Crippen LogP contribution is -2.41. The number of nitrogens with one attached hydrogen (secondary N) is 1. The Labute approximate surface area is 123 Å². The van der Waals surface area contributed by atoms with Crippen molar-refractivity contribution in [1.29, 1.82) is 0 Å². The first-order valence-corrected chi connectivity index (χ1v) is 8.36. The Bertz CT molecular complexity index is 645. The smallest absolute Gasteiger partial charge is 0.312 e. The molecule has 0 aliphatic heterocycles. The van der Waals surface area contributed by atoms with E-state index in [1.54, 1.807) is 0 Å². The van der Waals surface area contributed by atoms with Gasteiger partial charge >= 0.3 is 5.69 Å². The van der Waals surface area contributed by atoms with Crippen LogP contribution in [0.2, 0.25) is 0 Å². The van der Waals surface area contributed by atoms with Crippen molar-refractivity contribution in [2.75, 3.05) is 5.73 Å². The molecule has 1 saturated carbocycles. The van der Waals surface area contributed by atoms with Crippen molar-refractivity contribution < 1.29 is 13.3 Å². The number of nitrogen functional groups attached to an aromatic ring is 1. The van der Waals surface area contributed by atoms with Crippen molar-refractivity contribution >= 4 is 21.4 Å². The van der Waals surface area contributed by atoms with Gasteiger partial charge in [-0.3, -0.25) is 10.1 Å². The first-order valence-electron chi connectivity index (χ1n) is 6.88. The number of anilines is 1. The summed E-state index contributed by atoms with van der Waals surface area (Å²) >= 11 is 0. The molecule has 1 aliphatic carbocycles. The molecule has 0 bridgehead atoms. The van der Waals surface area contributed by atoms with Crippen LogP contribution < -0.4 is 10.5 Å². The van der Waals surface area contributed by atoms with Crippen LogP contribution in [0.1, 0.15) is 32.6 Å². The molecule has 1 aliphatic rings. The minimum Gasteiger partial charge on any atom is -0.393 e. The fourth-order valence-corrected chi connectivity index (χ4v) is 4.29. The fraction of sp³-hybridized carbons (Fsp3) is 0.538. The average Bonchev–Trinajstić information content (AvgIpc) is 2.40. The summed E-state index contributed by atoms with van der Waals surface area (Å²) in [5.41, 5.74) is 4.83. The van der Waals surface area contributed by atoms with Crippen molar-refractivity contribution in [3.05, 3.63) is 28.3 Å². The molecule has 0 aromatic heterocycles. The molecule has 116 valence electrons. The summed E-state index contributed by atoms with van der Waals surface area (Å²) in [7, 11) is -3.96. The van der Waals surface area contributed by atoms with Crippen LogP contribution in [0.3, 0.4) is 0 Å². The number of para-hydroxylation sites is 1. The Balaban J connectivity index is 2.36. The molecule has 0 saturated heterocycles. The maximum atomic E-state index is 12.5. The normalized spacial score (nSPS) is 22.9. The van der Waals surface area contributed by atoms with Crippen molar-refractivity contribution in [3.63, 3.8) is 0 Å². The molecule has 21 heavy (non-hydrogen) atoms. The van der Waals surface area contributed by atoms with Gasteiger partial charge in [-0.1, -0.05) is 25.8 Å². The molecule has 0 radical (unpaired) electrons. The van der Waals surface area contributed by atoms with Gasteiger partial charge in [-0.15, -0.1) is 0 Å². The van der Waals surface area contributed by atoms with Gasteiger partial charge < -0.3 is 5.73 Å². The molecule has 2 unspecified atom stereocenters. The summed E-state index contributed by atoms with van der Waals surface area (Å²) in [5.74, 6) is 0.216. The van der Waals surface area contributed by atoms with E-state index < -0.39 is 20.6 Å². The zero-order valence-electron chi connectivity index (χ0n) is 11.8. The van der Waals surface area contributed by atoms with Crippen LogP contribution in [0.5, 0.6) is 0 Å². The lowest BCUT2D eigenvalue weighted by molar-refractivity contribution is -0.386. The largest absolute Gasteiger partial charge is 0.393 e. The van der Waals surface area contributed by atoms with Gasteiger partial charge in [0, 0.05) is 6.04 Å². The van der Waals surface area contributed by atoms with E-state index >= 15 is 0 Å². The molecular formula is C13H19N3O4S. The molecule has 0 heterocycles. The van der Waals surface area contributed by atoms with Gasteiger partial charge in [-0.25, -0.2) is 13.1 Å². The number of benzene rings is 1. The highest BCUT2D eigenvalue weighted by Gasteiger charge is 2.32. The minimum absolute atomic E-state index is 0.153. The Morgan fingerprint density at radius 3 is 2.62 bits per heavy atom. The van der Waals surface area contributed by atoms with E-state index in [-0.39, 0.29) is 22.5 Å². The molecule has 1 fully saturated rings. The number of nitro groups is 1.